The summed E-state index contributed by atoms with van der Waals surface area (Å²) in [6.45, 7) is 0. The van der Waals surface area contributed by atoms with Crippen molar-refractivity contribution in [1.82, 2.24) is 19.5 Å². The monoisotopic (exact) mass is 792 g/mol. The Morgan fingerprint density at radius 2 is 0.871 bits per heavy atom. The van der Waals surface area contributed by atoms with Gasteiger partial charge in [0.1, 0.15) is 11.2 Å². The number of hydrogen-bond acceptors (Lipinski definition) is 4. The Labute approximate surface area is 357 Å². The van der Waals surface area contributed by atoms with Crippen molar-refractivity contribution >= 4 is 43.7 Å². The van der Waals surface area contributed by atoms with Gasteiger partial charge in [0, 0.05) is 49.5 Å². The second-order valence-corrected chi connectivity index (χ2v) is 15.5. The largest absolute Gasteiger partial charge is 0.455 e. The standard InChI is InChI=1S/C57H36N4O/c1-5-18-37(19-6-1)42-26-13-14-27-43(42)40-32-33-44(48(36-40)57-59-55(38-20-7-2-8-21-38)58-56(60-57)39-22-9-3-10-23-39)45-29-17-30-47-53-51(62-54(45)47)35-34-50-52(53)46-28-15-16-31-49(46)61(50)41-24-11-4-12-25-41/h1-36H. The lowest BCUT2D eigenvalue weighted by molar-refractivity contribution is 0.670. The van der Waals surface area contributed by atoms with Gasteiger partial charge in [0.05, 0.1) is 11.0 Å². The van der Waals surface area contributed by atoms with Crippen LogP contribution < -0.4 is 0 Å². The Balaban J connectivity index is 1.14. The molecule has 12 aromatic rings. The Bertz CT molecular complexity index is 3560. The lowest BCUT2D eigenvalue weighted by atomic mass is 9.90. The van der Waals surface area contributed by atoms with E-state index in [0.29, 0.717) is 17.5 Å². The predicted octanol–water partition coefficient (Wildman–Crippen LogP) is 14.9. The maximum atomic E-state index is 7.02. The number of fused-ring (bicyclic) bond motifs is 7. The minimum atomic E-state index is 0.577. The molecule has 0 bridgehead atoms. The molecule has 0 atom stereocenters. The summed E-state index contributed by atoms with van der Waals surface area (Å²) in [5, 5.41) is 4.50. The molecule has 0 unspecified atom stereocenters. The van der Waals surface area contributed by atoms with Crippen molar-refractivity contribution in [2.45, 2.75) is 0 Å². The quantitative estimate of drug-likeness (QED) is 0.161. The molecule has 3 aromatic heterocycles. The van der Waals surface area contributed by atoms with E-state index in [2.05, 4.69) is 162 Å². The third-order valence-electron chi connectivity index (χ3n) is 11.9. The molecule has 0 saturated carbocycles. The van der Waals surface area contributed by atoms with Gasteiger partial charge in [-0.05, 0) is 64.2 Å². The predicted molar refractivity (Wildman–Crippen MR) is 254 cm³/mol. The van der Waals surface area contributed by atoms with Gasteiger partial charge in [0.2, 0.25) is 0 Å². The maximum absolute atomic E-state index is 7.02. The van der Waals surface area contributed by atoms with Gasteiger partial charge in [-0.1, -0.05) is 182 Å². The van der Waals surface area contributed by atoms with Gasteiger partial charge in [-0.2, -0.15) is 0 Å². The SMILES string of the molecule is c1ccc(-c2nc(-c3ccccc3)nc(-c3cc(-c4ccccc4-c4ccccc4)ccc3-c3cccc4c3oc3ccc5c(c6ccccc6n5-c5ccccc5)c34)n2)cc1. The number of para-hydroxylation sites is 3. The minimum Gasteiger partial charge on any atom is -0.455 e. The van der Waals surface area contributed by atoms with Crippen LogP contribution in [0.25, 0.3) is 117 Å². The molecular formula is C57H36N4O. The summed E-state index contributed by atoms with van der Waals surface area (Å²) in [5.41, 5.74) is 14.1. The van der Waals surface area contributed by atoms with Gasteiger partial charge in [-0.15, -0.1) is 0 Å². The molecule has 3 heterocycles. The zero-order valence-electron chi connectivity index (χ0n) is 33.5. The Morgan fingerprint density at radius 3 is 1.56 bits per heavy atom. The molecule has 12 rings (SSSR count). The second-order valence-electron chi connectivity index (χ2n) is 15.5. The van der Waals surface area contributed by atoms with Crippen LogP contribution in [-0.4, -0.2) is 19.5 Å². The normalized spacial score (nSPS) is 11.5. The van der Waals surface area contributed by atoms with Crippen molar-refractivity contribution in [2.75, 3.05) is 0 Å². The van der Waals surface area contributed by atoms with Crippen LogP contribution in [0, 0.1) is 0 Å². The lowest BCUT2D eigenvalue weighted by Gasteiger charge is -2.16. The van der Waals surface area contributed by atoms with E-state index in [1.54, 1.807) is 0 Å². The highest BCUT2D eigenvalue weighted by Crippen LogP contribution is 2.46. The van der Waals surface area contributed by atoms with E-state index in [0.717, 1.165) is 88.7 Å². The van der Waals surface area contributed by atoms with Crippen molar-refractivity contribution in [3.63, 3.8) is 0 Å². The van der Waals surface area contributed by atoms with Crippen molar-refractivity contribution in [2.24, 2.45) is 0 Å². The second kappa shape index (κ2) is 14.7. The Kier molecular flexibility index (Phi) is 8.42. The molecule has 5 heteroatoms. The summed E-state index contributed by atoms with van der Waals surface area (Å²) < 4.78 is 9.37. The van der Waals surface area contributed by atoms with Crippen LogP contribution in [0.1, 0.15) is 0 Å². The summed E-state index contributed by atoms with van der Waals surface area (Å²) in [4.78, 5) is 15.6. The molecule has 9 aromatic carbocycles. The Hall–Kier alpha value is -8.41. The van der Waals surface area contributed by atoms with Crippen molar-refractivity contribution in [3.8, 4) is 73.2 Å². The molecule has 0 radical (unpaired) electrons. The molecule has 0 N–H and O–H groups in total. The number of rotatable bonds is 7. The first-order valence-corrected chi connectivity index (χ1v) is 20.9. The van der Waals surface area contributed by atoms with Crippen LogP contribution >= 0.6 is 0 Å². The fourth-order valence-corrected chi connectivity index (χ4v) is 9.08. The van der Waals surface area contributed by atoms with E-state index in [1.807, 2.05) is 60.7 Å². The zero-order valence-corrected chi connectivity index (χ0v) is 33.5. The smallest absolute Gasteiger partial charge is 0.164 e. The number of aromatic nitrogens is 4. The molecule has 0 fully saturated rings. The zero-order chi connectivity index (χ0) is 41.0. The average Bonchev–Trinajstić information content (AvgIpc) is 3.91. The minimum absolute atomic E-state index is 0.577. The lowest BCUT2D eigenvalue weighted by Crippen LogP contribution is -2.01. The van der Waals surface area contributed by atoms with Crippen LogP contribution in [0.2, 0.25) is 0 Å². The highest BCUT2D eigenvalue weighted by atomic mass is 16.3. The molecule has 62 heavy (non-hydrogen) atoms. The number of benzene rings is 9. The molecule has 0 amide bonds. The summed E-state index contributed by atoms with van der Waals surface area (Å²) in [5.74, 6) is 1.79. The molecule has 290 valence electrons. The molecule has 5 nitrogen and oxygen atoms in total. The van der Waals surface area contributed by atoms with Crippen LogP contribution in [0.3, 0.4) is 0 Å². The van der Waals surface area contributed by atoms with Crippen LogP contribution in [-0.2, 0) is 0 Å². The first-order valence-electron chi connectivity index (χ1n) is 20.9. The summed E-state index contributed by atoms with van der Waals surface area (Å²) in [6.07, 6.45) is 0. The van der Waals surface area contributed by atoms with Gasteiger partial charge < -0.3 is 8.98 Å². The number of hydrogen-bond donors (Lipinski definition) is 0. The number of nitrogens with zero attached hydrogens (tertiary/aromatic N) is 4. The van der Waals surface area contributed by atoms with Crippen LogP contribution in [0.15, 0.2) is 223 Å². The highest BCUT2D eigenvalue weighted by molar-refractivity contribution is 6.28. The van der Waals surface area contributed by atoms with E-state index < -0.39 is 0 Å². The third-order valence-corrected chi connectivity index (χ3v) is 11.9. The first kappa shape index (κ1) is 35.5. The van der Waals surface area contributed by atoms with Gasteiger partial charge in [0.15, 0.2) is 17.5 Å². The van der Waals surface area contributed by atoms with Crippen molar-refractivity contribution < 1.29 is 4.42 Å². The molecule has 0 aliphatic heterocycles. The topological polar surface area (TPSA) is 56.7 Å². The van der Waals surface area contributed by atoms with E-state index in [4.69, 9.17) is 19.4 Å². The van der Waals surface area contributed by atoms with E-state index in [-0.39, 0.29) is 0 Å². The average molecular weight is 793 g/mol. The molecular weight excluding hydrogens is 757 g/mol. The summed E-state index contributed by atoms with van der Waals surface area (Å²) >= 11 is 0. The molecule has 0 spiro atoms. The molecule has 0 saturated heterocycles. The van der Waals surface area contributed by atoms with Crippen LogP contribution in [0.5, 0.6) is 0 Å². The van der Waals surface area contributed by atoms with E-state index >= 15 is 0 Å². The highest BCUT2D eigenvalue weighted by Gasteiger charge is 2.23. The number of furan rings is 1. The van der Waals surface area contributed by atoms with Gasteiger partial charge in [0.25, 0.3) is 0 Å². The van der Waals surface area contributed by atoms with E-state index in [1.165, 1.54) is 10.8 Å². The van der Waals surface area contributed by atoms with Gasteiger partial charge in [-0.25, -0.2) is 15.0 Å². The molecule has 0 aliphatic rings. The van der Waals surface area contributed by atoms with Gasteiger partial charge >= 0.3 is 0 Å². The summed E-state index contributed by atoms with van der Waals surface area (Å²) in [7, 11) is 0. The maximum Gasteiger partial charge on any atom is 0.164 e. The molecule has 0 aliphatic carbocycles. The third kappa shape index (κ3) is 5.90. The van der Waals surface area contributed by atoms with Crippen molar-refractivity contribution in [1.29, 1.82) is 0 Å². The van der Waals surface area contributed by atoms with Crippen molar-refractivity contribution in [3.05, 3.63) is 218 Å². The first-order chi connectivity index (χ1) is 30.8. The Morgan fingerprint density at radius 1 is 0.323 bits per heavy atom. The van der Waals surface area contributed by atoms with Crippen LogP contribution in [0.4, 0.5) is 0 Å². The van der Waals surface area contributed by atoms with Gasteiger partial charge in [-0.3, -0.25) is 0 Å². The van der Waals surface area contributed by atoms with E-state index in [9.17, 15) is 0 Å². The summed E-state index contributed by atoms with van der Waals surface area (Å²) in [6, 6.07) is 76.1. The fraction of sp³-hybridized carbons (Fsp3) is 0. The fourth-order valence-electron chi connectivity index (χ4n) is 9.08.